The lowest BCUT2D eigenvalue weighted by molar-refractivity contribution is 0.397. The first-order chi connectivity index (χ1) is 6.26. The van der Waals surface area contributed by atoms with Crippen molar-refractivity contribution in [3.8, 4) is 5.88 Å². The van der Waals surface area contributed by atoms with Crippen molar-refractivity contribution >= 4 is 17.5 Å². The molecule has 0 saturated heterocycles. The first-order valence-corrected chi connectivity index (χ1v) is 4.46. The number of halogens is 1. The summed E-state index contributed by atoms with van der Waals surface area (Å²) in [6.07, 6.45) is 1.01. The fourth-order valence-corrected chi connectivity index (χ4v) is 0.991. The standard InChI is InChI=1S/C8H12ClN3O/c1-3-4-10-8-11-6(9)5-7(12-8)13-2/h5H,3-4H2,1-2H3,(H,10,11,12). The Labute approximate surface area is 82.3 Å². The molecule has 1 rings (SSSR count). The van der Waals surface area contributed by atoms with Crippen LogP contribution in [0.3, 0.4) is 0 Å². The summed E-state index contributed by atoms with van der Waals surface area (Å²) < 4.78 is 4.94. The Morgan fingerprint density at radius 2 is 2.31 bits per heavy atom. The van der Waals surface area contributed by atoms with Crippen molar-refractivity contribution in [2.45, 2.75) is 13.3 Å². The Morgan fingerprint density at radius 3 is 2.92 bits per heavy atom. The third-order valence-corrected chi connectivity index (χ3v) is 1.61. The van der Waals surface area contributed by atoms with Gasteiger partial charge in [-0.3, -0.25) is 0 Å². The van der Waals surface area contributed by atoms with E-state index in [-0.39, 0.29) is 0 Å². The normalized spacial score (nSPS) is 9.77. The molecule has 1 heterocycles. The third kappa shape index (κ3) is 3.06. The first-order valence-electron chi connectivity index (χ1n) is 4.08. The van der Waals surface area contributed by atoms with Crippen LogP contribution in [0, 0.1) is 0 Å². The van der Waals surface area contributed by atoms with Crippen LogP contribution in [0.25, 0.3) is 0 Å². The second kappa shape index (κ2) is 4.87. The molecule has 5 heteroatoms. The fourth-order valence-electron chi connectivity index (χ4n) is 0.817. The van der Waals surface area contributed by atoms with E-state index in [1.54, 1.807) is 13.2 Å². The Hall–Kier alpha value is -1.03. The van der Waals surface area contributed by atoms with Gasteiger partial charge in [-0.25, -0.2) is 4.98 Å². The molecule has 0 aromatic carbocycles. The smallest absolute Gasteiger partial charge is 0.227 e. The highest BCUT2D eigenvalue weighted by Gasteiger charge is 2.01. The van der Waals surface area contributed by atoms with Gasteiger partial charge >= 0.3 is 0 Å². The number of hydrogen-bond donors (Lipinski definition) is 1. The predicted molar refractivity (Wildman–Crippen MR) is 52.4 cm³/mol. The molecule has 1 aromatic heterocycles. The van der Waals surface area contributed by atoms with Crippen LogP contribution in [0.4, 0.5) is 5.95 Å². The van der Waals surface area contributed by atoms with Crippen LogP contribution in [0.5, 0.6) is 5.88 Å². The molecule has 0 spiro atoms. The Bertz CT molecular complexity index is 280. The highest BCUT2D eigenvalue weighted by atomic mass is 35.5. The van der Waals surface area contributed by atoms with Crippen LogP contribution in [-0.4, -0.2) is 23.6 Å². The zero-order valence-electron chi connectivity index (χ0n) is 7.67. The SMILES string of the molecule is CCCNc1nc(Cl)cc(OC)n1. The molecule has 0 saturated carbocycles. The van der Waals surface area contributed by atoms with E-state index in [4.69, 9.17) is 16.3 Å². The lowest BCUT2D eigenvalue weighted by Crippen LogP contribution is -2.05. The summed E-state index contributed by atoms with van der Waals surface area (Å²) in [5.74, 6) is 0.977. The summed E-state index contributed by atoms with van der Waals surface area (Å²) in [5.41, 5.74) is 0. The minimum atomic E-state index is 0.380. The molecule has 0 atom stereocenters. The zero-order valence-corrected chi connectivity index (χ0v) is 8.43. The lowest BCUT2D eigenvalue weighted by Gasteiger charge is -2.04. The molecule has 0 aliphatic rings. The van der Waals surface area contributed by atoms with Gasteiger partial charge < -0.3 is 10.1 Å². The monoisotopic (exact) mass is 201 g/mol. The fraction of sp³-hybridized carbons (Fsp3) is 0.500. The molecule has 1 aromatic rings. The van der Waals surface area contributed by atoms with E-state index < -0.39 is 0 Å². The van der Waals surface area contributed by atoms with Crippen LogP contribution >= 0.6 is 11.6 Å². The van der Waals surface area contributed by atoms with E-state index in [0.717, 1.165) is 13.0 Å². The van der Waals surface area contributed by atoms with Crippen molar-refractivity contribution in [3.63, 3.8) is 0 Å². The quantitative estimate of drug-likeness (QED) is 0.757. The van der Waals surface area contributed by atoms with Gasteiger partial charge in [0.15, 0.2) is 0 Å². The van der Waals surface area contributed by atoms with Crippen molar-refractivity contribution in [2.24, 2.45) is 0 Å². The number of hydrogen-bond acceptors (Lipinski definition) is 4. The second-order valence-corrected chi connectivity index (χ2v) is 2.87. The molecule has 0 radical (unpaired) electrons. The molecular formula is C8H12ClN3O. The minimum Gasteiger partial charge on any atom is -0.481 e. The molecule has 72 valence electrons. The van der Waals surface area contributed by atoms with Gasteiger partial charge in [0.2, 0.25) is 11.8 Å². The highest BCUT2D eigenvalue weighted by molar-refractivity contribution is 6.29. The number of ether oxygens (including phenoxy) is 1. The summed E-state index contributed by atoms with van der Waals surface area (Å²) in [6, 6.07) is 1.57. The van der Waals surface area contributed by atoms with Gasteiger partial charge in [0.05, 0.1) is 7.11 Å². The molecular weight excluding hydrogens is 190 g/mol. The van der Waals surface area contributed by atoms with Crippen molar-refractivity contribution < 1.29 is 4.74 Å². The number of nitrogens with one attached hydrogen (secondary N) is 1. The zero-order chi connectivity index (χ0) is 9.68. The number of aromatic nitrogens is 2. The number of nitrogens with zero attached hydrogens (tertiary/aromatic N) is 2. The van der Waals surface area contributed by atoms with Crippen LogP contribution in [0.15, 0.2) is 6.07 Å². The largest absolute Gasteiger partial charge is 0.481 e. The Morgan fingerprint density at radius 1 is 1.54 bits per heavy atom. The summed E-state index contributed by atoms with van der Waals surface area (Å²) in [6.45, 7) is 2.89. The number of anilines is 1. The topological polar surface area (TPSA) is 47.0 Å². The molecule has 0 fully saturated rings. The Kier molecular flexibility index (Phi) is 3.76. The molecule has 0 aliphatic carbocycles. The maximum Gasteiger partial charge on any atom is 0.227 e. The van der Waals surface area contributed by atoms with Gasteiger partial charge in [0.1, 0.15) is 5.15 Å². The second-order valence-electron chi connectivity index (χ2n) is 2.48. The Balaban J connectivity index is 2.76. The van der Waals surface area contributed by atoms with Crippen molar-refractivity contribution in [1.29, 1.82) is 0 Å². The summed E-state index contributed by atoms with van der Waals surface area (Å²) in [4.78, 5) is 8.04. The predicted octanol–water partition coefficient (Wildman–Crippen LogP) is 1.96. The molecule has 1 N–H and O–H groups in total. The summed E-state index contributed by atoms with van der Waals surface area (Å²) >= 11 is 5.74. The van der Waals surface area contributed by atoms with Crippen molar-refractivity contribution in [3.05, 3.63) is 11.2 Å². The molecule has 0 aliphatic heterocycles. The van der Waals surface area contributed by atoms with Gasteiger partial charge in [0, 0.05) is 12.6 Å². The minimum absolute atomic E-state index is 0.380. The van der Waals surface area contributed by atoms with E-state index in [2.05, 4.69) is 22.2 Å². The van der Waals surface area contributed by atoms with Crippen LogP contribution in [-0.2, 0) is 0 Å². The van der Waals surface area contributed by atoms with E-state index in [1.165, 1.54) is 0 Å². The number of methoxy groups -OCH3 is 1. The van der Waals surface area contributed by atoms with E-state index >= 15 is 0 Å². The average molecular weight is 202 g/mol. The van der Waals surface area contributed by atoms with Crippen LogP contribution in [0.2, 0.25) is 5.15 Å². The van der Waals surface area contributed by atoms with Gasteiger partial charge in [0.25, 0.3) is 0 Å². The van der Waals surface area contributed by atoms with Gasteiger partial charge in [-0.2, -0.15) is 4.98 Å². The first kappa shape index (κ1) is 10.1. The maximum absolute atomic E-state index is 5.74. The average Bonchev–Trinajstić information content (AvgIpc) is 2.14. The van der Waals surface area contributed by atoms with Gasteiger partial charge in [-0.05, 0) is 6.42 Å². The third-order valence-electron chi connectivity index (χ3n) is 1.41. The molecule has 4 nitrogen and oxygen atoms in total. The highest BCUT2D eigenvalue weighted by Crippen LogP contribution is 2.15. The molecule has 0 bridgehead atoms. The summed E-state index contributed by atoms with van der Waals surface area (Å²) in [5, 5.41) is 3.40. The molecule has 0 amide bonds. The van der Waals surface area contributed by atoms with E-state index in [9.17, 15) is 0 Å². The number of rotatable bonds is 4. The van der Waals surface area contributed by atoms with Crippen LogP contribution < -0.4 is 10.1 Å². The van der Waals surface area contributed by atoms with Crippen molar-refractivity contribution in [2.75, 3.05) is 19.0 Å². The van der Waals surface area contributed by atoms with Gasteiger partial charge in [-0.15, -0.1) is 0 Å². The summed E-state index contributed by atoms with van der Waals surface area (Å²) in [7, 11) is 1.54. The van der Waals surface area contributed by atoms with E-state index in [0.29, 0.717) is 17.0 Å². The van der Waals surface area contributed by atoms with Crippen molar-refractivity contribution in [1.82, 2.24) is 9.97 Å². The molecule has 0 unspecified atom stereocenters. The van der Waals surface area contributed by atoms with Gasteiger partial charge in [-0.1, -0.05) is 18.5 Å². The lowest BCUT2D eigenvalue weighted by atomic mass is 10.5. The van der Waals surface area contributed by atoms with E-state index in [1.807, 2.05) is 0 Å². The maximum atomic E-state index is 5.74. The molecule has 13 heavy (non-hydrogen) atoms. The van der Waals surface area contributed by atoms with Crippen LogP contribution in [0.1, 0.15) is 13.3 Å².